The molecule has 1 saturated carbocycles. The van der Waals surface area contributed by atoms with Crippen LogP contribution in [0.15, 0.2) is 18.5 Å². The van der Waals surface area contributed by atoms with Crippen LogP contribution < -0.4 is 10.6 Å². The minimum atomic E-state index is 0.380. The van der Waals surface area contributed by atoms with Crippen molar-refractivity contribution >= 4 is 11.3 Å². The molecule has 5 nitrogen and oxygen atoms in total. The predicted octanol–water partition coefficient (Wildman–Crippen LogP) is 2.13. The number of anilines is 1. The molecular formula is C15H23N5. The van der Waals surface area contributed by atoms with E-state index in [9.17, 15) is 0 Å². The Labute approximate surface area is 119 Å². The third kappa shape index (κ3) is 2.38. The Morgan fingerprint density at radius 1 is 1.35 bits per heavy atom. The molecule has 0 spiro atoms. The normalized spacial score (nSPS) is 23.1. The van der Waals surface area contributed by atoms with Gasteiger partial charge in [0, 0.05) is 31.0 Å². The van der Waals surface area contributed by atoms with Crippen LogP contribution in [0.1, 0.15) is 38.3 Å². The second-order valence-corrected chi connectivity index (χ2v) is 5.72. The van der Waals surface area contributed by atoms with E-state index >= 15 is 0 Å². The van der Waals surface area contributed by atoms with Crippen molar-refractivity contribution < 1.29 is 0 Å². The summed E-state index contributed by atoms with van der Waals surface area (Å²) < 4.78 is 1.93. The maximum Gasteiger partial charge on any atom is 0.154 e. The molecule has 0 unspecified atom stereocenters. The van der Waals surface area contributed by atoms with Gasteiger partial charge in [-0.05, 0) is 45.6 Å². The van der Waals surface area contributed by atoms with Crippen molar-refractivity contribution in [3.05, 3.63) is 24.2 Å². The van der Waals surface area contributed by atoms with E-state index < -0.39 is 0 Å². The summed E-state index contributed by atoms with van der Waals surface area (Å²) in [5.74, 6) is 1.05. The molecule has 0 bridgehead atoms. The fraction of sp³-hybridized carbons (Fsp3) is 0.600. The van der Waals surface area contributed by atoms with Crippen LogP contribution in [0.4, 0.5) is 5.82 Å². The molecule has 0 saturated heterocycles. The van der Waals surface area contributed by atoms with Gasteiger partial charge < -0.3 is 10.6 Å². The van der Waals surface area contributed by atoms with Crippen molar-refractivity contribution in [1.82, 2.24) is 14.6 Å². The van der Waals surface area contributed by atoms with Crippen LogP contribution in [0.5, 0.6) is 0 Å². The van der Waals surface area contributed by atoms with E-state index in [1.807, 2.05) is 23.8 Å². The van der Waals surface area contributed by atoms with Crippen molar-refractivity contribution in [1.29, 1.82) is 0 Å². The number of nitrogens with two attached hydrogens (primary N) is 1. The highest BCUT2D eigenvalue weighted by atomic mass is 15.3. The number of nitrogens with zero attached hydrogens (tertiary/aromatic N) is 4. The van der Waals surface area contributed by atoms with E-state index in [2.05, 4.69) is 28.0 Å². The Bertz CT molecular complexity index is 583. The first kappa shape index (κ1) is 13.4. The smallest absolute Gasteiger partial charge is 0.154 e. The number of hydrogen-bond acceptors (Lipinski definition) is 4. The average Bonchev–Trinajstić information content (AvgIpc) is 2.83. The van der Waals surface area contributed by atoms with Gasteiger partial charge in [0.1, 0.15) is 5.52 Å². The maximum absolute atomic E-state index is 6.02. The first-order valence-electron chi connectivity index (χ1n) is 7.52. The first-order chi connectivity index (χ1) is 9.69. The predicted molar refractivity (Wildman–Crippen MR) is 81.0 cm³/mol. The van der Waals surface area contributed by atoms with Gasteiger partial charge in [0.2, 0.25) is 0 Å². The van der Waals surface area contributed by atoms with Crippen molar-refractivity contribution in [3.8, 4) is 0 Å². The molecule has 0 aromatic carbocycles. The topological polar surface area (TPSA) is 59.5 Å². The lowest BCUT2D eigenvalue weighted by Crippen LogP contribution is -2.41. The largest absolute Gasteiger partial charge is 0.352 e. The van der Waals surface area contributed by atoms with Gasteiger partial charge in [0.25, 0.3) is 0 Å². The summed E-state index contributed by atoms with van der Waals surface area (Å²) in [6.07, 6.45) is 8.29. The van der Waals surface area contributed by atoms with Crippen LogP contribution in [0.2, 0.25) is 0 Å². The highest BCUT2D eigenvalue weighted by Gasteiger charge is 2.25. The molecular weight excluding hydrogens is 250 g/mol. The second kappa shape index (κ2) is 5.40. The lowest BCUT2D eigenvalue weighted by Gasteiger charge is -2.36. The SMILES string of the molecule is CCN(c1nccn2nc(C)cc12)C1CCC(N)CC1. The highest BCUT2D eigenvalue weighted by Crippen LogP contribution is 2.28. The van der Waals surface area contributed by atoms with Gasteiger partial charge in [-0.15, -0.1) is 0 Å². The van der Waals surface area contributed by atoms with Crippen molar-refractivity contribution in [2.24, 2.45) is 5.73 Å². The zero-order chi connectivity index (χ0) is 14.1. The molecule has 0 amide bonds. The highest BCUT2D eigenvalue weighted by molar-refractivity contribution is 5.69. The van der Waals surface area contributed by atoms with Crippen molar-refractivity contribution in [2.45, 2.75) is 51.6 Å². The number of aryl methyl sites for hydroxylation is 1. The molecule has 108 valence electrons. The lowest BCUT2D eigenvalue weighted by molar-refractivity contribution is 0.377. The summed E-state index contributed by atoms with van der Waals surface area (Å²) >= 11 is 0. The number of aromatic nitrogens is 3. The van der Waals surface area contributed by atoms with Gasteiger partial charge >= 0.3 is 0 Å². The molecule has 1 aliphatic rings. The Morgan fingerprint density at radius 2 is 2.10 bits per heavy atom. The van der Waals surface area contributed by atoms with Crippen molar-refractivity contribution in [3.63, 3.8) is 0 Å². The van der Waals surface area contributed by atoms with Crippen LogP contribution in [0, 0.1) is 6.92 Å². The molecule has 2 heterocycles. The first-order valence-corrected chi connectivity index (χ1v) is 7.52. The quantitative estimate of drug-likeness (QED) is 0.930. The summed E-state index contributed by atoms with van der Waals surface area (Å²) in [5.41, 5.74) is 8.15. The van der Waals surface area contributed by atoms with Crippen LogP contribution in [-0.4, -0.2) is 33.2 Å². The molecule has 2 aromatic rings. The van der Waals surface area contributed by atoms with Crippen LogP contribution in [-0.2, 0) is 0 Å². The minimum absolute atomic E-state index is 0.380. The van der Waals surface area contributed by atoms with E-state index in [-0.39, 0.29) is 0 Å². The Balaban J connectivity index is 1.94. The van der Waals surface area contributed by atoms with Gasteiger partial charge in [-0.2, -0.15) is 5.10 Å². The van der Waals surface area contributed by atoms with Gasteiger partial charge in [-0.3, -0.25) is 0 Å². The molecule has 2 aromatic heterocycles. The maximum atomic E-state index is 6.02. The standard InChI is InChI=1S/C15H23N5/c1-3-19(13-6-4-12(16)5-7-13)15-14-10-11(2)18-20(14)9-8-17-15/h8-10,12-13H,3-7,16H2,1-2H3. The molecule has 2 N–H and O–H groups in total. The zero-order valence-electron chi connectivity index (χ0n) is 12.3. The summed E-state index contributed by atoms with van der Waals surface area (Å²) in [4.78, 5) is 7.04. The number of rotatable bonds is 3. The van der Waals surface area contributed by atoms with Gasteiger partial charge in [-0.1, -0.05) is 0 Å². The summed E-state index contributed by atoms with van der Waals surface area (Å²) in [6, 6.07) is 3.04. The fourth-order valence-electron chi connectivity index (χ4n) is 3.25. The number of fused-ring (bicyclic) bond motifs is 1. The van der Waals surface area contributed by atoms with E-state index in [4.69, 9.17) is 5.73 Å². The Hall–Kier alpha value is -1.62. The van der Waals surface area contributed by atoms with Crippen LogP contribution in [0.3, 0.4) is 0 Å². The molecule has 1 aliphatic carbocycles. The van der Waals surface area contributed by atoms with E-state index in [1.54, 1.807) is 0 Å². The monoisotopic (exact) mass is 273 g/mol. The molecule has 0 aliphatic heterocycles. The third-order valence-electron chi connectivity index (χ3n) is 4.29. The molecule has 3 rings (SSSR count). The Kier molecular flexibility index (Phi) is 3.61. The molecule has 0 radical (unpaired) electrons. The molecule has 5 heteroatoms. The minimum Gasteiger partial charge on any atom is -0.352 e. The van der Waals surface area contributed by atoms with E-state index in [0.29, 0.717) is 12.1 Å². The molecule has 1 fully saturated rings. The third-order valence-corrected chi connectivity index (χ3v) is 4.29. The molecule has 0 atom stereocenters. The Morgan fingerprint density at radius 3 is 2.80 bits per heavy atom. The average molecular weight is 273 g/mol. The van der Waals surface area contributed by atoms with Gasteiger partial charge in [0.05, 0.1) is 5.69 Å². The summed E-state index contributed by atoms with van der Waals surface area (Å²) in [7, 11) is 0. The second-order valence-electron chi connectivity index (χ2n) is 5.72. The lowest BCUT2D eigenvalue weighted by atomic mass is 9.90. The summed E-state index contributed by atoms with van der Waals surface area (Å²) in [5, 5.41) is 4.48. The van der Waals surface area contributed by atoms with Crippen LogP contribution in [0.25, 0.3) is 5.52 Å². The van der Waals surface area contributed by atoms with E-state index in [1.165, 1.54) is 0 Å². The van der Waals surface area contributed by atoms with Crippen molar-refractivity contribution in [2.75, 3.05) is 11.4 Å². The van der Waals surface area contributed by atoms with E-state index in [0.717, 1.165) is 49.3 Å². The summed E-state index contributed by atoms with van der Waals surface area (Å²) in [6.45, 7) is 5.19. The molecule has 20 heavy (non-hydrogen) atoms. The van der Waals surface area contributed by atoms with Gasteiger partial charge in [0.15, 0.2) is 5.82 Å². The zero-order valence-corrected chi connectivity index (χ0v) is 12.3. The van der Waals surface area contributed by atoms with Gasteiger partial charge in [-0.25, -0.2) is 9.50 Å². The number of hydrogen-bond donors (Lipinski definition) is 1. The fourth-order valence-corrected chi connectivity index (χ4v) is 3.25. The van der Waals surface area contributed by atoms with Crippen LogP contribution >= 0.6 is 0 Å².